The SMILES string of the molecule is N#CC1=C(F)C(F)=CC(C#N)C1F. The second-order valence-corrected chi connectivity index (χ2v) is 2.41. The van der Waals surface area contributed by atoms with E-state index in [0.29, 0.717) is 6.08 Å². The van der Waals surface area contributed by atoms with E-state index in [9.17, 15) is 13.2 Å². The molecule has 0 N–H and O–H groups in total. The fraction of sp³-hybridized carbons (Fsp3) is 0.250. The highest BCUT2D eigenvalue weighted by atomic mass is 19.2. The molecule has 0 aromatic heterocycles. The minimum absolute atomic E-state index is 0.529. The van der Waals surface area contributed by atoms with Crippen molar-refractivity contribution in [1.82, 2.24) is 0 Å². The molecule has 2 atom stereocenters. The monoisotopic (exact) mass is 184 g/mol. The van der Waals surface area contributed by atoms with Gasteiger partial charge in [0.2, 0.25) is 0 Å². The number of hydrogen-bond donors (Lipinski definition) is 0. The Kier molecular flexibility index (Phi) is 2.39. The number of alkyl halides is 1. The molecule has 0 spiro atoms. The van der Waals surface area contributed by atoms with Crippen LogP contribution >= 0.6 is 0 Å². The van der Waals surface area contributed by atoms with Crippen LogP contribution in [0, 0.1) is 28.6 Å². The Balaban J connectivity index is 3.19. The third-order valence-electron chi connectivity index (χ3n) is 1.63. The molecule has 0 bridgehead atoms. The van der Waals surface area contributed by atoms with Gasteiger partial charge in [0.25, 0.3) is 0 Å². The topological polar surface area (TPSA) is 47.6 Å². The van der Waals surface area contributed by atoms with E-state index in [0.717, 1.165) is 0 Å². The highest BCUT2D eigenvalue weighted by molar-refractivity contribution is 5.43. The lowest BCUT2D eigenvalue weighted by atomic mass is 9.93. The van der Waals surface area contributed by atoms with Crippen molar-refractivity contribution >= 4 is 0 Å². The molecule has 0 amide bonds. The van der Waals surface area contributed by atoms with Gasteiger partial charge in [0.05, 0.1) is 6.07 Å². The Morgan fingerprint density at radius 3 is 2.38 bits per heavy atom. The molecule has 1 rings (SSSR count). The zero-order chi connectivity index (χ0) is 10.0. The summed E-state index contributed by atoms with van der Waals surface area (Å²) in [6.45, 7) is 0. The second kappa shape index (κ2) is 3.32. The molecule has 5 heteroatoms. The van der Waals surface area contributed by atoms with Gasteiger partial charge in [0.15, 0.2) is 17.8 Å². The van der Waals surface area contributed by atoms with Crippen molar-refractivity contribution < 1.29 is 13.2 Å². The van der Waals surface area contributed by atoms with E-state index in [1.807, 2.05) is 0 Å². The molecule has 0 aliphatic heterocycles. The second-order valence-electron chi connectivity index (χ2n) is 2.41. The standard InChI is InChI=1S/C8H3F3N2/c9-6-1-4(2-12)7(10)5(3-13)8(6)11/h1,4,7H. The van der Waals surface area contributed by atoms with Crippen molar-refractivity contribution in [3.05, 3.63) is 23.3 Å². The van der Waals surface area contributed by atoms with Gasteiger partial charge in [0, 0.05) is 0 Å². The number of hydrogen-bond acceptors (Lipinski definition) is 2. The van der Waals surface area contributed by atoms with Crippen LogP contribution < -0.4 is 0 Å². The molecular formula is C8H3F3N2. The molecule has 0 saturated heterocycles. The van der Waals surface area contributed by atoms with Crippen LogP contribution in [0.4, 0.5) is 13.2 Å². The van der Waals surface area contributed by atoms with Crippen LogP contribution in [0.5, 0.6) is 0 Å². The van der Waals surface area contributed by atoms with Crippen LogP contribution in [0.3, 0.4) is 0 Å². The highest BCUT2D eigenvalue weighted by Crippen LogP contribution is 2.32. The van der Waals surface area contributed by atoms with Crippen molar-refractivity contribution in [3.8, 4) is 12.1 Å². The summed E-state index contributed by atoms with van der Waals surface area (Å²) in [6, 6.07) is 2.62. The van der Waals surface area contributed by atoms with E-state index in [2.05, 4.69) is 0 Å². The van der Waals surface area contributed by atoms with Crippen LogP contribution in [-0.4, -0.2) is 6.17 Å². The minimum atomic E-state index is -2.07. The Morgan fingerprint density at radius 2 is 1.92 bits per heavy atom. The first-order valence-electron chi connectivity index (χ1n) is 3.33. The number of allylic oxidation sites excluding steroid dienone is 4. The molecule has 1 aliphatic carbocycles. The number of nitriles is 2. The molecule has 2 unspecified atom stereocenters. The normalized spacial score (nSPS) is 27.6. The number of nitrogens with zero attached hydrogens (tertiary/aromatic N) is 2. The summed E-state index contributed by atoms with van der Waals surface area (Å²) in [5.41, 5.74) is -0.952. The average Bonchev–Trinajstić information content (AvgIpc) is 2.12. The van der Waals surface area contributed by atoms with Crippen molar-refractivity contribution in [3.63, 3.8) is 0 Å². The summed E-state index contributed by atoms with van der Waals surface area (Å²) in [6.07, 6.45) is -1.55. The lowest BCUT2D eigenvalue weighted by Crippen LogP contribution is -2.19. The Morgan fingerprint density at radius 1 is 1.31 bits per heavy atom. The van der Waals surface area contributed by atoms with Gasteiger partial charge in [0.1, 0.15) is 17.6 Å². The average molecular weight is 184 g/mol. The van der Waals surface area contributed by atoms with Crippen LogP contribution in [0.1, 0.15) is 0 Å². The van der Waals surface area contributed by atoms with Gasteiger partial charge >= 0.3 is 0 Å². The molecule has 0 heterocycles. The van der Waals surface area contributed by atoms with Gasteiger partial charge in [-0.05, 0) is 6.08 Å². The molecule has 0 aromatic carbocycles. The van der Waals surface area contributed by atoms with Crippen molar-refractivity contribution in [2.45, 2.75) is 6.17 Å². The molecule has 0 saturated carbocycles. The van der Waals surface area contributed by atoms with E-state index < -0.39 is 29.3 Å². The molecule has 0 fully saturated rings. The first-order chi connectivity index (χ1) is 6.11. The Bertz CT molecular complexity index is 370. The fourth-order valence-corrected chi connectivity index (χ4v) is 0.958. The molecule has 66 valence electrons. The maximum absolute atomic E-state index is 13.0. The molecule has 13 heavy (non-hydrogen) atoms. The van der Waals surface area contributed by atoms with Gasteiger partial charge in [-0.2, -0.15) is 10.5 Å². The van der Waals surface area contributed by atoms with Crippen LogP contribution in [0.2, 0.25) is 0 Å². The Hall–Kier alpha value is -1.75. The first-order valence-corrected chi connectivity index (χ1v) is 3.33. The third-order valence-corrected chi connectivity index (χ3v) is 1.63. The van der Waals surface area contributed by atoms with E-state index >= 15 is 0 Å². The van der Waals surface area contributed by atoms with Crippen molar-refractivity contribution in [1.29, 1.82) is 10.5 Å². The Labute approximate surface area is 72.2 Å². The molecule has 2 nitrogen and oxygen atoms in total. The van der Waals surface area contributed by atoms with Gasteiger partial charge in [-0.3, -0.25) is 0 Å². The smallest absolute Gasteiger partial charge is 0.175 e. The van der Waals surface area contributed by atoms with Crippen molar-refractivity contribution in [2.24, 2.45) is 5.92 Å². The fourth-order valence-electron chi connectivity index (χ4n) is 0.958. The predicted molar refractivity (Wildman–Crippen MR) is 36.9 cm³/mol. The van der Waals surface area contributed by atoms with Gasteiger partial charge in [-0.15, -0.1) is 0 Å². The minimum Gasteiger partial charge on any atom is -0.240 e. The van der Waals surface area contributed by atoms with E-state index in [1.165, 1.54) is 12.1 Å². The summed E-state index contributed by atoms with van der Waals surface area (Å²) >= 11 is 0. The zero-order valence-corrected chi connectivity index (χ0v) is 6.26. The van der Waals surface area contributed by atoms with Gasteiger partial charge in [-0.25, -0.2) is 13.2 Å². The first kappa shape index (κ1) is 9.34. The quantitative estimate of drug-likeness (QED) is 0.578. The van der Waals surface area contributed by atoms with Crippen LogP contribution in [0.15, 0.2) is 23.3 Å². The molecule has 1 aliphatic rings. The zero-order valence-electron chi connectivity index (χ0n) is 6.26. The summed E-state index contributed by atoms with van der Waals surface area (Å²) in [5, 5.41) is 16.6. The van der Waals surface area contributed by atoms with Gasteiger partial charge < -0.3 is 0 Å². The summed E-state index contributed by atoms with van der Waals surface area (Å²) in [4.78, 5) is 0. The summed E-state index contributed by atoms with van der Waals surface area (Å²) in [5.74, 6) is -4.28. The summed E-state index contributed by atoms with van der Waals surface area (Å²) in [7, 11) is 0. The molecule has 0 aromatic rings. The largest absolute Gasteiger partial charge is 0.240 e. The summed E-state index contributed by atoms with van der Waals surface area (Å²) < 4.78 is 38.2. The van der Waals surface area contributed by atoms with Crippen LogP contribution in [0.25, 0.3) is 0 Å². The third kappa shape index (κ3) is 1.41. The predicted octanol–water partition coefficient (Wildman–Crippen LogP) is 2.08. The van der Waals surface area contributed by atoms with E-state index in [-0.39, 0.29) is 0 Å². The maximum atomic E-state index is 13.0. The van der Waals surface area contributed by atoms with Gasteiger partial charge in [-0.1, -0.05) is 0 Å². The lowest BCUT2D eigenvalue weighted by molar-refractivity contribution is 0.327. The van der Waals surface area contributed by atoms with Crippen molar-refractivity contribution in [2.75, 3.05) is 0 Å². The lowest BCUT2D eigenvalue weighted by Gasteiger charge is -2.15. The molecular weight excluding hydrogens is 181 g/mol. The molecule has 0 radical (unpaired) electrons. The number of halogens is 3. The maximum Gasteiger partial charge on any atom is 0.175 e. The van der Waals surface area contributed by atoms with E-state index in [4.69, 9.17) is 10.5 Å². The van der Waals surface area contributed by atoms with E-state index in [1.54, 1.807) is 0 Å². The highest BCUT2D eigenvalue weighted by Gasteiger charge is 2.33. The van der Waals surface area contributed by atoms with Crippen LogP contribution in [-0.2, 0) is 0 Å². The number of rotatable bonds is 0.